The molecule has 182 valence electrons. The lowest BCUT2D eigenvalue weighted by molar-refractivity contribution is -0.131. The van der Waals surface area contributed by atoms with Gasteiger partial charge < -0.3 is 15.3 Å². The Morgan fingerprint density at radius 2 is 2.14 bits per heavy atom. The van der Waals surface area contributed by atoms with E-state index in [0.29, 0.717) is 25.3 Å². The summed E-state index contributed by atoms with van der Waals surface area (Å²) in [6.07, 6.45) is 0.997. The number of nitrogens with one attached hydrogen (secondary N) is 1. The highest BCUT2D eigenvalue weighted by Gasteiger charge is 2.29. The molecule has 35 heavy (non-hydrogen) atoms. The maximum atomic E-state index is 13.4. The Hall–Kier alpha value is -3.63. The van der Waals surface area contributed by atoms with Gasteiger partial charge in [0.1, 0.15) is 0 Å². The van der Waals surface area contributed by atoms with Crippen LogP contribution in [0.4, 0.5) is 5.69 Å². The normalized spacial score (nSPS) is 18.4. The molecular formula is C25H29N7O3. The van der Waals surface area contributed by atoms with Crippen molar-refractivity contribution in [1.82, 2.24) is 30.0 Å². The molecule has 5 rings (SSSR count). The van der Waals surface area contributed by atoms with Crippen LogP contribution in [0.3, 0.4) is 0 Å². The van der Waals surface area contributed by atoms with Gasteiger partial charge in [-0.15, -0.1) is 10.2 Å². The number of aliphatic hydroxyl groups is 1. The van der Waals surface area contributed by atoms with Crippen LogP contribution in [0.2, 0.25) is 0 Å². The summed E-state index contributed by atoms with van der Waals surface area (Å²) in [6, 6.07) is 13.4. The predicted molar refractivity (Wildman–Crippen MR) is 129 cm³/mol. The Kier molecular flexibility index (Phi) is 6.31. The van der Waals surface area contributed by atoms with Gasteiger partial charge in [-0.3, -0.25) is 14.5 Å². The van der Waals surface area contributed by atoms with Gasteiger partial charge >= 0.3 is 0 Å². The first-order valence-corrected chi connectivity index (χ1v) is 11.8. The average molecular weight is 476 g/mol. The minimum absolute atomic E-state index is 0.0223. The van der Waals surface area contributed by atoms with Crippen LogP contribution >= 0.6 is 0 Å². The van der Waals surface area contributed by atoms with Crippen molar-refractivity contribution in [2.45, 2.75) is 31.4 Å². The number of aromatic nitrogens is 4. The van der Waals surface area contributed by atoms with Crippen LogP contribution in [0.25, 0.3) is 11.4 Å². The molecule has 0 aliphatic carbocycles. The number of fused-ring (bicyclic) bond motifs is 1. The number of hydrogen-bond acceptors (Lipinski definition) is 7. The Labute approximate surface area is 203 Å². The molecule has 0 spiro atoms. The number of carbonyl (C=O) groups excluding carboxylic acids is 2. The number of tetrazole rings is 1. The lowest BCUT2D eigenvalue weighted by atomic mass is 10.0. The fraction of sp³-hybridized carbons (Fsp3) is 0.400. The van der Waals surface area contributed by atoms with Crippen molar-refractivity contribution in [3.8, 4) is 11.4 Å². The first-order valence-electron chi connectivity index (χ1n) is 11.8. The molecule has 1 fully saturated rings. The predicted octanol–water partition coefficient (Wildman–Crippen LogP) is 1.18. The number of amides is 2. The summed E-state index contributed by atoms with van der Waals surface area (Å²) in [5.41, 5.74) is 4.40. The van der Waals surface area contributed by atoms with E-state index in [9.17, 15) is 14.7 Å². The molecule has 2 aliphatic rings. The van der Waals surface area contributed by atoms with Crippen LogP contribution in [-0.2, 0) is 29.5 Å². The maximum absolute atomic E-state index is 13.4. The van der Waals surface area contributed by atoms with Crippen LogP contribution in [-0.4, -0.2) is 79.7 Å². The largest absolute Gasteiger partial charge is 0.392 e. The number of carbonyl (C=O) groups is 2. The zero-order valence-electron chi connectivity index (χ0n) is 19.9. The Bertz CT molecular complexity index is 1260. The van der Waals surface area contributed by atoms with E-state index >= 15 is 0 Å². The standard InChI is InChI=1S/C25H29N7O3/c1-30(24(35)11-16-6-7-17-13-23(34)26-21(17)10-16)22(15-32-9-8-20(33)14-32)18-4-3-5-19(12-18)25-27-29-31(2)28-25/h3-7,10,12,20,22,33H,8-9,11,13-15H2,1-2H3,(H,26,34)/t20-,22+/m0/s1. The number of hydrogen-bond donors (Lipinski definition) is 2. The van der Waals surface area contributed by atoms with Gasteiger partial charge in [-0.25, -0.2) is 0 Å². The number of rotatable bonds is 7. The molecule has 2 amide bonds. The molecule has 0 radical (unpaired) electrons. The third kappa shape index (κ3) is 5.08. The summed E-state index contributed by atoms with van der Waals surface area (Å²) in [6.45, 7) is 1.99. The van der Waals surface area contributed by atoms with Crippen molar-refractivity contribution in [1.29, 1.82) is 0 Å². The number of anilines is 1. The molecule has 2 atom stereocenters. The molecule has 1 saturated heterocycles. The van der Waals surface area contributed by atoms with Crippen LogP contribution < -0.4 is 5.32 Å². The van der Waals surface area contributed by atoms with Gasteiger partial charge in [-0.05, 0) is 40.5 Å². The molecule has 2 aliphatic heterocycles. The molecule has 2 aromatic carbocycles. The molecule has 10 nitrogen and oxygen atoms in total. The topological polar surface area (TPSA) is 116 Å². The molecule has 3 aromatic rings. The third-order valence-electron chi connectivity index (χ3n) is 6.73. The lowest BCUT2D eigenvalue weighted by Gasteiger charge is -2.32. The first kappa shape index (κ1) is 23.1. The number of likely N-dealkylation sites (tertiary alicyclic amines) is 1. The third-order valence-corrected chi connectivity index (χ3v) is 6.73. The van der Waals surface area contributed by atoms with Crippen LogP contribution in [0.15, 0.2) is 42.5 Å². The summed E-state index contributed by atoms with van der Waals surface area (Å²) in [5.74, 6) is 0.479. The highest BCUT2D eigenvalue weighted by molar-refractivity contribution is 5.99. The van der Waals surface area contributed by atoms with Crippen molar-refractivity contribution in [2.75, 3.05) is 32.0 Å². The van der Waals surface area contributed by atoms with E-state index in [1.54, 1.807) is 11.9 Å². The Morgan fingerprint density at radius 1 is 1.29 bits per heavy atom. The van der Waals surface area contributed by atoms with Crippen molar-refractivity contribution < 1.29 is 14.7 Å². The fourth-order valence-corrected chi connectivity index (χ4v) is 4.80. The molecule has 3 heterocycles. The monoisotopic (exact) mass is 475 g/mol. The first-order chi connectivity index (χ1) is 16.9. The van der Waals surface area contributed by atoms with Gasteiger partial charge in [-0.2, -0.15) is 4.80 Å². The zero-order valence-corrected chi connectivity index (χ0v) is 19.9. The lowest BCUT2D eigenvalue weighted by Crippen LogP contribution is -2.39. The second kappa shape index (κ2) is 9.55. The fourth-order valence-electron chi connectivity index (χ4n) is 4.80. The van der Waals surface area contributed by atoms with Crippen molar-refractivity contribution in [2.24, 2.45) is 7.05 Å². The molecule has 0 saturated carbocycles. The van der Waals surface area contributed by atoms with Gasteiger partial charge in [-0.1, -0.05) is 30.3 Å². The van der Waals surface area contributed by atoms with Gasteiger partial charge in [0.05, 0.1) is 32.0 Å². The molecule has 10 heteroatoms. The van der Waals surface area contributed by atoms with E-state index < -0.39 is 0 Å². The van der Waals surface area contributed by atoms with Crippen LogP contribution in [0.1, 0.15) is 29.2 Å². The number of aryl methyl sites for hydroxylation is 1. The molecule has 0 unspecified atom stereocenters. The number of benzene rings is 2. The second-order valence-electron chi connectivity index (χ2n) is 9.34. The van der Waals surface area contributed by atoms with Crippen LogP contribution in [0.5, 0.6) is 0 Å². The molecule has 2 N–H and O–H groups in total. The minimum Gasteiger partial charge on any atom is -0.392 e. The smallest absolute Gasteiger partial charge is 0.228 e. The summed E-state index contributed by atoms with van der Waals surface area (Å²) in [4.78, 5) is 30.5. The Morgan fingerprint density at radius 3 is 2.89 bits per heavy atom. The highest BCUT2D eigenvalue weighted by Crippen LogP contribution is 2.28. The van der Waals surface area contributed by atoms with Crippen molar-refractivity contribution in [3.63, 3.8) is 0 Å². The average Bonchev–Trinajstić information content (AvgIpc) is 3.56. The van der Waals surface area contributed by atoms with Crippen molar-refractivity contribution >= 4 is 17.5 Å². The van der Waals surface area contributed by atoms with Gasteiger partial charge in [0.25, 0.3) is 0 Å². The maximum Gasteiger partial charge on any atom is 0.228 e. The quantitative estimate of drug-likeness (QED) is 0.527. The van der Waals surface area contributed by atoms with E-state index in [2.05, 4.69) is 25.6 Å². The van der Waals surface area contributed by atoms with E-state index in [1.807, 2.05) is 49.5 Å². The van der Waals surface area contributed by atoms with Gasteiger partial charge in [0.15, 0.2) is 0 Å². The molecule has 0 bridgehead atoms. The van der Waals surface area contributed by atoms with Gasteiger partial charge in [0, 0.05) is 37.9 Å². The summed E-state index contributed by atoms with van der Waals surface area (Å²) in [7, 11) is 3.54. The second-order valence-corrected chi connectivity index (χ2v) is 9.34. The molecular weight excluding hydrogens is 446 g/mol. The minimum atomic E-state index is -0.339. The van der Waals surface area contributed by atoms with Gasteiger partial charge in [0.2, 0.25) is 17.6 Å². The SMILES string of the molecule is CN(C(=O)Cc1ccc2c(c1)NC(=O)C2)[C@H](CN1CC[C@H](O)C1)c1cccc(-c2nnn(C)n2)c1. The molecule has 1 aromatic heterocycles. The van der Waals surface area contributed by atoms with E-state index in [0.717, 1.165) is 40.9 Å². The summed E-state index contributed by atoms with van der Waals surface area (Å²) < 4.78 is 0. The highest BCUT2D eigenvalue weighted by atomic mass is 16.3. The number of nitrogens with zero attached hydrogens (tertiary/aromatic N) is 6. The zero-order chi connectivity index (χ0) is 24.5. The number of likely N-dealkylation sites (N-methyl/N-ethyl adjacent to an activating group) is 1. The van der Waals surface area contributed by atoms with Crippen molar-refractivity contribution in [3.05, 3.63) is 59.2 Å². The Balaban J connectivity index is 1.39. The summed E-state index contributed by atoms with van der Waals surface area (Å²) >= 11 is 0. The number of β-amino-alcohol motifs (C(OH)–C–C–N with tert-alkyl or cyclic N) is 1. The summed E-state index contributed by atoms with van der Waals surface area (Å²) in [5, 5.41) is 25.2. The van der Waals surface area contributed by atoms with Crippen LogP contribution in [0, 0.1) is 0 Å². The van der Waals surface area contributed by atoms with E-state index in [1.165, 1.54) is 4.80 Å². The van der Waals surface area contributed by atoms with E-state index in [4.69, 9.17) is 0 Å². The van der Waals surface area contributed by atoms with E-state index in [-0.39, 0.29) is 30.4 Å². The number of aliphatic hydroxyl groups excluding tert-OH is 1.